The van der Waals surface area contributed by atoms with Crippen LogP contribution in [0.5, 0.6) is 0 Å². The SMILES string of the molecule is CC(O)CNCc1ccc(Br)cc1Cl. The molecule has 0 aliphatic rings. The summed E-state index contributed by atoms with van der Waals surface area (Å²) in [5, 5.41) is 12.9. The van der Waals surface area contributed by atoms with Crippen LogP contribution in [0.25, 0.3) is 0 Å². The first-order chi connectivity index (χ1) is 6.59. The highest BCUT2D eigenvalue weighted by molar-refractivity contribution is 9.10. The number of hydrogen-bond donors (Lipinski definition) is 2. The molecule has 1 rings (SSSR count). The fourth-order valence-corrected chi connectivity index (χ4v) is 1.82. The Morgan fingerprint density at radius 1 is 1.57 bits per heavy atom. The number of hydrogen-bond acceptors (Lipinski definition) is 2. The van der Waals surface area contributed by atoms with Crippen LogP contribution in [-0.4, -0.2) is 17.8 Å². The Morgan fingerprint density at radius 3 is 2.86 bits per heavy atom. The van der Waals surface area contributed by atoms with Gasteiger partial charge >= 0.3 is 0 Å². The molecule has 0 fully saturated rings. The van der Waals surface area contributed by atoms with Gasteiger partial charge in [0.05, 0.1) is 6.10 Å². The highest BCUT2D eigenvalue weighted by Crippen LogP contribution is 2.20. The Hall–Kier alpha value is -0.0900. The zero-order chi connectivity index (χ0) is 10.6. The average molecular weight is 279 g/mol. The van der Waals surface area contributed by atoms with E-state index in [0.717, 1.165) is 15.1 Å². The lowest BCUT2D eigenvalue weighted by molar-refractivity contribution is 0.191. The molecule has 1 aromatic rings. The van der Waals surface area contributed by atoms with Gasteiger partial charge in [-0.3, -0.25) is 0 Å². The number of nitrogens with one attached hydrogen (secondary N) is 1. The Kier molecular flexibility index (Phi) is 4.89. The van der Waals surface area contributed by atoms with Crippen LogP contribution in [0.4, 0.5) is 0 Å². The summed E-state index contributed by atoms with van der Waals surface area (Å²) in [6, 6.07) is 5.77. The molecule has 0 radical (unpaired) electrons. The van der Waals surface area contributed by atoms with Gasteiger partial charge in [0.1, 0.15) is 0 Å². The van der Waals surface area contributed by atoms with Crippen LogP contribution in [0.1, 0.15) is 12.5 Å². The largest absolute Gasteiger partial charge is 0.392 e. The van der Waals surface area contributed by atoms with Gasteiger partial charge in [-0.2, -0.15) is 0 Å². The molecule has 0 saturated carbocycles. The summed E-state index contributed by atoms with van der Waals surface area (Å²) in [6.07, 6.45) is -0.329. The normalized spacial score (nSPS) is 12.9. The van der Waals surface area contributed by atoms with Gasteiger partial charge in [-0.1, -0.05) is 33.6 Å². The maximum Gasteiger partial charge on any atom is 0.0636 e. The Balaban J connectivity index is 2.51. The van der Waals surface area contributed by atoms with Crippen molar-refractivity contribution >= 4 is 27.5 Å². The second-order valence-corrected chi connectivity index (χ2v) is 4.54. The lowest BCUT2D eigenvalue weighted by Crippen LogP contribution is -2.23. The summed E-state index contributed by atoms with van der Waals surface area (Å²) in [7, 11) is 0. The molecule has 1 atom stereocenters. The van der Waals surface area contributed by atoms with Gasteiger partial charge in [0.15, 0.2) is 0 Å². The van der Waals surface area contributed by atoms with Gasteiger partial charge in [0.25, 0.3) is 0 Å². The van der Waals surface area contributed by atoms with Crippen LogP contribution in [0.15, 0.2) is 22.7 Å². The first-order valence-electron chi connectivity index (χ1n) is 4.42. The molecule has 0 heterocycles. The first-order valence-corrected chi connectivity index (χ1v) is 5.59. The molecular formula is C10H13BrClNO. The van der Waals surface area contributed by atoms with Crippen LogP contribution in [-0.2, 0) is 6.54 Å². The molecule has 78 valence electrons. The van der Waals surface area contributed by atoms with Crippen molar-refractivity contribution in [3.8, 4) is 0 Å². The van der Waals surface area contributed by atoms with E-state index in [1.807, 2.05) is 18.2 Å². The molecule has 0 aliphatic carbocycles. The van der Waals surface area contributed by atoms with Gasteiger partial charge in [-0.05, 0) is 24.6 Å². The highest BCUT2D eigenvalue weighted by atomic mass is 79.9. The van der Waals surface area contributed by atoms with E-state index in [4.69, 9.17) is 16.7 Å². The van der Waals surface area contributed by atoms with Gasteiger partial charge in [0, 0.05) is 22.6 Å². The molecule has 0 saturated heterocycles. The second-order valence-electron chi connectivity index (χ2n) is 3.22. The van der Waals surface area contributed by atoms with E-state index in [9.17, 15) is 0 Å². The quantitative estimate of drug-likeness (QED) is 0.887. The number of aliphatic hydroxyl groups excluding tert-OH is 1. The fraction of sp³-hybridized carbons (Fsp3) is 0.400. The van der Waals surface area contributed by atoms with Crippen LogP contribution >= 0.6 is 27.5 Å². The van der Waals surface area contributed by atoms with E-state index in [1.165, 1.54) is 0 Å². The molecule has 2 nitrogen and oxygen atoms in total. The molecule has 1 aromatic carbocycles. The summed E-state index contributed by atoms with van der Waals surface area (Å²) >= 11 is 9.36. The third-order valence-corrected chi connectivity index (χ3v) is 2.62. The van der Waals surface area contributed by atoms with Crippen LogP contribution in [0.2, 0.25) is 5.02 Å². The van der Waals surface area contributed by atoms with E-state index >= 15 is 0 Å². The number of rotatable bonds is 4. The minimum atomic E-state index is -0.329. The average Bonchev–Trinajstić information content (AvgIpc) is 2.08. The van der Waals surface area contributed by atoms with Crippen molar-refractivity contribution in [1.82, 2.24) is 5.32 Å². The maximum absolute atomic E-state index is 9.04. The number of aliphatic hydroxyl groups is 1. The van der Waals surface area contributed by atoms with Gasteiger partial charge < -0.3 is 10.4 Å². The summed E-state index contributed by atoms with van der Waals surface area (Å²) in [6.45, 7) is 3.00. The standard InChI is InChI=1S/C10H13BrClNO/c1-7(14)5-13-6-8-2-3-9(11)4-10(8)12/h2-4,7,13-14H,5-6H2,1H3. The van der Waals surface area contributed by atoms with Crippen LogP contribution in [0.3, 0.4) is 0 Å². The van der Waals surface area contributed by atoms with Crippen molar-refractivity contribution in [2.45, 2.75) is 19.6 Å². The number of benzene rings is 1. The second kappa shape index (κ2) is 5.71. The molecule has 14 heavy (non-hydrogen) atoms. The van der Waals surface area contributed by atoms with Crippen molar-refractivity contribution in [3.63, 3.8) is 0 Å². The monoisotopic (exact) mass is 277 g/mol. The van der Waals surface area contributed by atoms with E-state index < -0.39 is 0 Å². The number of halogens is 2. The maximum atomic E-state index is 9.04. The third kappa shape index (κ3) is 3.96. The minimum absolute atomic E-state index is 0.329. The molecule has 0 bridgehead atoms. The summed E-state index contributed by atoms with van der Waals surface area (Å²) in [5.74, 6) is 0. The van der Waals surface area contributed by atoms with Crippen molar-refractivity contribution < 1.29 is 5.11 Å². The molecule has 0 spiro atoms. The van der Waals surface area contributed by atoms with Gasteiger partial charge in [-0.15, -0.1) is 0 Å². The fourth-order valence-electron chi connectivity index (χ4n) is 1.08. The Labute approximate surface area is 97.4 Å². The van der Waals surface area contributed by atoms with Gasteiger partial charge in [0.2, 0.25) is 0 Å². The predicted molar refractivity (Wildman–Crippen MR) is 62.5 cm³/mol. The zero-order valence-electron chi connectivity index (χ0n) is 7.93. The molecule has 0 aromatic heterocycles. The summed E-state index contributed by atoms with van der Waals surface area (Å²) in [5.41, 5.74) is 1.04. The van der Waals surface area contributed by atoms with Crippen molar-refractivity contribution in [1.29, 1.82) is 0 Å². The predicted octanol–water partition coefficient (Wildman–Crippen LogP) is 2.57. The first kappa shape index (κ1) is 12.0. The molecule has 2 N–H and O–H groups in total. The molecular weight excluding hydrogens is 265 g/mol. The van der Waals surface area contributed by atoms with Crippen molar-refractivity contribution in [2.75, 3.05) is 6.54 Å². The lowest BCUT2D eigenvalue weighted by atomic mass is 10.2. The summed E-state index contributed by atoms with van der Waals surface area (Å²) < 4.78 is 0.974. The van der Waals surface area contributed by atoms with E-state index in [0.29, 0.717) is 13.1 Å². The minimum Gasteiger partial charge on any atom is -0.392 e. The smallest absolute Gasteiger partial charge is 0.0636 e. The van der Waals surface area contributed by atoms with Crippen molar-refractivity contribution in [2.24, 2.45) is 0 Å². The highest BCUT2D eigenvalue weighted by Gasteiger charge is 2.01. The van der Waals surface area contributed by atoms with E-state index in [1.54, 1.807) is 6.92 Å². The van der Waals surface area contributed by atoms with E-state index in [2.05, 4.69) is 21.2 Å². The molecule has 0 amide bonds. The zero-order valence-corrected chi connectivity index (χ0v) is 10.3. The molecule has 1 unspecified atom stereocenters. The Bertz CT molecular complexity index is 304. The van der Waals surface area contributed by atoms with Crippen LogP contribution in [0, 0.1) is 0 Å². The van der Waals surface area contributed by atoms with E-state index in [-0.39, 0.29) is 6.10 Å². The van der Waals surface area contributed by atoms with Crippen molar-refractivity contribution in [3.05, 3.63) is 33.3 Å². The van der Waals surface area contributed by atoms with Gasteiger partial charge in [-0.25, -0.2) is 0 Å². The summed E-state index contributed by atoms with van der Waals surface area (Å²) in [4.78, 5) is 0. The third-order valence-electron chi connectivity index (χ3n) is 1.77. The topological polar surface area (TPSA) is 32.3 Å². The molecule has 0 aliphatic heterocycles. The van der Waals surface area contributed by atoms with Crippen LogP contribution < -0.4 is 5.32 Å². The molecule has 4 heteroatoms. The Morgan fingerprint density at radius 2 is 2.29 bits per heavy atom. The lowest BCUT2D eigenvalue weighted by Gasteiger charge is -2.08.